The molecule has 124 valence electrons. The molecule has 0 radical (unpaired) electrons. The van der Waals surface area contributed by atoms with Gasteiger partial charge in [0.25, 0.3) is 5.56 Å². The van der Waals surface area contributed by atoms with Gasteiger partial charge in [-0.25, -0.2) is 4.98 Å². The minimum atomic E-state index is -0.114. The Labute approximate surface area is 139 Å². The Balaban J connectivity index is 1.87. The molecule has 2 aromatic heterocycles. The first-order valence-corrected chi connectivity index (χ1v) is 9.12. The highest BCUT2D eigenvalue weighted by molar-refractivity contribution is 7.18. The summed E-state index contributed by atoms with van der Waals surface area (Å²) in [5.74, 6) is 0.0129. The molecule has 3 heterocycles. The summed E-state index contributed by atoms with van der Waals surface area (Å²) in [7, 11) is 0. The zero-order chi connectivity index (χ0) is 16.6. The van der Waals surface area contributed by atoms with Gasteiger partial charge in [-0.3, -0.25) is 14.2 Å². The van der Waals surface area contributed by atoms with E-state index in [0.29, 0.717) is 5.39 Å². The number of likely N-dealkylation sites (tertiary alicyclic amines) is 1. The van der Waals surface area contributed by atoms with Gasteiger partial charge >= 0.3 is 0 Å². The molecule has 0 unspecified atom stereocenters. The summed E-state index contributed by atoms with van der Waals surface area (Å²) in [6.45, 7) is 6.31. The number of amides is 1. The number of hydrogen-bond acceptors (Lipinski definition) is 4. The number of fused-ring (bicyclic) bond motifs is 1. The second-order valence-corrected chi connectivity index (χ2v) is 7.51. The third-order valence-electron chi connectivity index (χ3n) is 4.70. The quantitative estimate of drug-likeness (QED) is 0.868. The lowest BCUT2D eigenvalue weighted by molar-refractivity contribution is -0.138. The van der Waals surface area contributed by atoms with E-state index < -0.39 is 0 Å². The fourth-order valence-corrected chi connectivity index (χ4v) is 4.36. The van der Waals surface area contributed by atoms with Gasteiger partial charge in [0, 0.05) is 17.0 Å². The fraction of sp³-hybridized carbons (Fsp3) is 0.588. The van der Waals surface area contributed by atoms with E-state index in [9.17, 15) is 9.59 Å². The van der Waals surface area contributed by atoms with Crippen LogP contribution in [0.1, 0.15) is 44.9 Å². The summed E-state index contributed by atoms with van der Waals surface area (Å²) in [5, 5.41) is 0.627. The molecule has 1 saturated heterocycles. The summed E-state index contributed by atoms with van der Waals surface area (Å²) in [6.07, 6.45) is 5.63. The Hall–Kier alpha value is -1.69. The molecular formula is C17H23N3O2S. The van der Waals surface area contributed by atoms with Gasteiger partial charge in [-0.2, -0.15) is 0 Å². The Bertz CT molecular complexity index is 770. The van der Waals surface area contributed by atoms with Crippen molar-refractivity contribution in [1.29, 1.82) is 0 Å². The monoisotopic (exact) mass is 333 g/mol. The Morgan fingerprint density at radius 2 is 2.04 bits per heavy atom. The molecule has 0 N–H and O–H groups in total. The van der Waals surface area contributed by atoms with Crippen molar-refractivity contribution in [3.8, 4) is 0 Å². The summed E-state index contributed by atoms with van der Waals surface area (Å²) >= 11 is 1.55. The molecule has 1 amide bonds. The first kappa shape index (κ1) is 16.2. The van der Waals surface area contributed by atoms with Gasteiger partial charge in [-0.15, -0.1) is 11.3 Å². The average Bonchev–Trinajstić information content (AvgIpc) is 2.94. The number of carbonyl (C=O) groups excluding carboxylic acids is 1. The summed E-state index contributed by atoms with van der Waals surface area (Å²) < 4.78 is 1.45. The van der Waals surface area contributed by atoms with E-state index >= 15 is 0 Å². The Kier molecular flexibility index (Phi) is 4.53. The molecule has 0 saturated carbocycles. The fourth-order valence-electron chi connectivity index (χ4n) is 3.44. The molecule has 1 aliphatic heterocycles. The van der Waals surface area contributed by atoms with Crippen molar-refractivity contribution < 1.29 is 4.79 Å². The van der Waals surface area contributed by atoms with Crippen LogP contribution in [0.2, 0.25) is 0 Å². The van der Waals surface area contributed by atoms with E-state index in [1.54, 1.807) is 11.3 Å². The van der Waals surface area contributed by atoms with Crippen LogP contribution in [0.25, 0.3) is 10.2 Å². The normalized spacial score (nSPS) is 21.8. The van der Waals surface area contributed by atoms with E-state index in [1.807, 2.05) is 11.0 Å². The largest absolute Gasteiger partial charge is 0.336 e. The molecule has 1 aliphatic rings. The van der Waals surface area contributed by atoms with Crippen LogP contribution < -0.4 is 5.56 Å². The molecule has 2 atom stereocenters. The van der Waals surface area contributed by atoms with Crippen LogP contribution in [0.15, 0.2) is 17.2 Å². The van der Waals surface area contributed by atoms with Gasteiger partial charge < -0.3 is 4.90 Å². The van der Waals surface area contributed by atoms with Gasteiger partial charge in [0.15, 0.2) is 0 Å². The van der Waals surface area contributed by atoms with Crippen molar-refractivity contribution in [3.05, 3.63) is 27.6 Å². The average molecular weight is 333 g/mol. The zero-order valence-electron chi connectivity index (χ0n) is 13.9. The summed E-state index contributed by atoms with van der Waals surface area (Å²) in [5.41, 5.74) is -0.114. The van der Waals surface area contributed by atoms with E-state index in [-0.39, 0.29) is 30.1 Å². The predicted molar refractivity (Wildman–Crippen MR) is 92.9 cm³/mol. The number of nitrogens with zero attached hydrogens (tertiary/aromatic N) is 3. The van der Waals surface area contributed by atoms with Gasteiger partial charge in [0.2, 0.25) is 5.91 Å². The maximum Gasteiger partial charge on any atom is 0.262 e. The highest BCUT2D eigenvalue weighted by Crippen LogP contribution is 2.23. The van der Waals surface area contributed by atoms with Crippen molar-refractivity contribution in [2.24, 2.45) is 0 Å². The number of thiophene rings is 1. The minimum Gasteiger partial charge on any atom is -0.336 e. The van der Waals surface area contributed by atoms with Gasteiger partial charge in [-0.1, -0.05) is 6.92 Å². The molecule has 6 heteroatoms. The van der Waals surface area contributed by atoms with E-state index in [0.717, 1.165) is 35.4 Å². The lowest BCUT2D eigenvalue weighted by atomic mass is 9.97. The Morgan fingerprint density at radius 1 is 1.35 bits per heavy atom. The molecule has 0 spiro atoms. The SMILES string of the molecule is CCc1cc2c(=O)n(CC(=O)N3[C@@H](C)CCC[C@@H]3C)cnc2s1. The summed E-state index contributed by atoms with van der Waals surface area (Å²) in [6, 6.07) is 2.39. The second-order valence-electron chi connectivity index (χ2n) is 6.39. The van der Waals surface area contributed by atoms with E-state index in [1.165, 1.54) is 10.9 Å². The lowest BCUT2D eigenvalue weighted by Gasteiger charge is -2.39. The number of aryl methyl sites for hydroxylation is 1. The highest BCUT2D eigenvalue weighted by atomic mass is 32.1. The molecule has 23 heavy (non-hydrogen) atoms. The third kappa shape index (κ3) is 3.04. The standard InChI is InChI=1S/C17H23N3O2S/c1-4-13-8-14-16(23-13)18-10-19(17(14)22)9-15(21)20-11(2)6-5-7-12(20)3/h8,10-12H,4-7,9H2,1-3H3/t11-,12-/m0/s1. The number of rotatable bonds is 3. The first-order chi connectivity index (χ1) is 11.0. The molecular weight excluding hydrogens is 310 g/mol. The van der Waals surface area contributed by atoms with Crippen LogP contribution in [-0.2, 0) is 17.8 Å². The molecule has 1 fully saturated rings. The van der Waals surface area contributed by atoms with Crippen LogP contribution in [0.4, 0.5) is 0 Å². The lowest BCUT2D eigenvalue weighted by Crippen LogP contribution is -2.49. The van der Waals surface area contributed by atoms with Crippen molar-refractivity contribution in [2.75, 3.05) is 0 Å². The zero-order valence-corrected chi connectivity index (χ0v) is 14.7. The first-order valence-electron chi connectivity index (χ1n) is 8.30. The van der Waals surface area contributed by atoms with Crippen molar-refractivity contribution in [2.45, 2.75) is 65.1 Å². The number of aromatic nitrogens is 2. The number of piperidine rings is 1. The molecule has 5 nitrogen and oxygen atoms in total. The molecule has 3 rings (SSSR count). The van der Waals surface area contributed by atoms with Crippen molar-refractivity contribution in [3.63, 3.8) is 0 Å². The van der Waals surface area contributed by atoms with Crippen molar-refractivity contribution in [1.82, 2.24) is 14.5 Å². The van der Waals surface area contributed by atoms with E-state index in [4.69, 9.17) is 0 Å². The molecule has 2 aromatic rings. The maximum absolute atomic E-state index is 12.7. The summed E-state index contributed by atoms with van der Waals surface area (Å²) in [4.78, 5) is 33.5. The van der Waals surface area contributed by atoms with Crippen LogP contribution in [0.5, 0.6) is 0 Å². The van der Waals surface area contributed by atoms with Crippen LogP contribution in [0.3, 0.4) is 0 Å². The third-order valence-corrected chi connectivity index (χ3v) is 5.89. The van der Waals surface area contributed by atoms with Gasteiger partial charge in [0.05, 0.1) is 11.7 Å². The Morgan fingerprint density at radius 3 is 2.70 bits per heavy atom. The predicted octanol–water partition coefficient (Wildman–Crippen LogP) is 2.81. The topological polar surface area (TPSA) is 55.2 Å². The van der Waals surface area contributed by atoms with Crippen molar-refractivity contribution >= 4 is 27.5 Å². The van der Waals surface area contributed by atoms with Gasteiger partial charge in [0.1, 0.15) is 11.4 Å². The molecule has 0 aromatic carbocycles. The van der Waals surface area contributed by atoms with E-state index in [2.05, 4.69) is 25.8 Å². The second kappa shape index (κ2) is 6.43. The van der Waals surface area contributed by atoms with Gasteiger partial charge in [-0.05, 0) is 45.6 Å². The minimum absolute atomic E-state index is 0.0129. The molecule has 0 bridgehead atoms. The van der Waals surface area contributed by atoms with Crippen LogP contribution >= 0.6 is 11.3 Å². The number of hydrogen-bond donors (Lipinski definition) is 0. The van der Waals surface area contributed by atoms with Crippen LogP contribution in [0, 0.1) is 0 Å². The maximum atomic E-state index is 12.7. The smallest absolute Gasteiger partial charge is 0.262 e. The highest BCUT2D eigenvalue weighted by Gasteiger charge is 2.29. The van der Waals surface area contributed by atoms with Crippen LogP contribution in [-0.4, -0.2) is 32.4 Å². The number of carbonyl (C=O) groups is 1. The molecule has 0 aliphatic carbocycles.